The Morgan fingerprint density at radius 2 is 1.84 bits per heavy atom. The molecule has 10 heteroatoms. The highest BCUT2D eigenvalue weighted by molar-refractivity contribution is 7.89. The molecule has 0 unspecified atom stereocenters. The van der Waals surface area contributed by atoms with E-state index >= 15 is 0 Å². The van der Waals surface area contributed by atoms with E-state index in [9.17, 15) is 13.2 Å². The first kappa shape index (κ1) is 21.3. The molecule has 3 heterocycles. The van der Waals surface area contributed by atoms with Crippen LogP contribution in [0.3, 0.4) is 0 Å². The van der Waals surface area contributed by atoms with Crippen molar-refractivity contribution in [2.45, 2.75) is 31.1 Å². The molecule has 168 valence electrons. The number of thiophene rings is 1. The van der Waals surface area contributed by atoms with Crippen LogP contribution in [0, 0.1) is 6.92 Å². The van der Waals surface area contributed by atoms with Crippen molar-refractivity contribution in [3.05, 3.63) is 46.6 Å². The van der Waals surface area contributed by atoms with E-state index in [1.165, 1.54) is 21.1 Å². The van der Waals surface area contributed by atoms with E-state index in [1.54, 1.807) is 40.5 Å². The highest BCUT2D eigenvalue weighted by Gasteiger charge is 2.30. The van der Waals surface area contributed by atoms with E-state index in [0.29, 0.717) is 19.0 Å². The average Bonchev–Trinajstić information content (AvgIpc) is 3.39. The number of carbonyl (C=O) groups is 1. The van der Waals surface area contributed by atoms with Crippen molar-refractivity contribution in [2.75, 3.05) is 32.8 Å². The summed E-state index contributed by atoms with van der Waals surface area (Å²) in [7, 11) is -3.56. The Kier molecular flexibility index (Phi) is 5.60. The molecule has 32 heavy (non-hydrogen) atoms. The minimum absolute atomic E-state index is 0.124. The van der Waals surface area contributed by atoms with Crippen LogP contribution in [-0.2, 0) is 27.7 Å². The van der Waals surface area contributed by atoms with E-state index in [2.05, 4.69) is 9.97 Å². The third-order valence-corrected chi connectivity index (χ3v) is 9.16. The molecule has 0 saturated carbocycles. The smallest absolute Gasteiger partial charge is 0.260 e. The second-order valence-electron chi connectivity index (χ2n) is 8.10. The van der Waals surface area contributed by atoms with Gasteiger partial charge in [0.2, 0.25) is 15.9 Å². The Morgan fingerprint density at radius 3 is 2.59 bits per heavy atom. The molecule has 0 radical (unpaired) electrons. The Morgan fingerprint density at radius 1 is 1.09 bits per heavy atom. The van der Waals surface area contributed by atoms with Crippen molar-refractivity contribution in [1.82, 2.24) is 19.2 Å². The Labute approximate surface area is 190 Å². The average molecular weight is 473 g/mol. The third-order valence-electron chi connectivity index (χ3n) is 6.05. The molecule has 0 spiro atoms. The van der Waals surface area contributed by atoms with Crippen LogP contribution >= 0.6 is 11.3 Å². The van der Waals surface area contributed by atoms with Gasteiger partial charge in [-0.3, -0.25) is 4.79 Å². The van der Waals surface area contributed by atoms with E-state index in [4.69, 9.17) is 4.74 Å². The zero-order valence-electron chi connectivity index (χ0n) is 17.8. The van der Waals surface area contributed by atoms with Gasteiger partial charge in [-0.05, 0) is 43.9 Å². The Hall–Kier alpha value is -2.56. The summed E-state index contributed by atoms with van der Waals surface area (Å²) in [4.78, 5) is 25.5. The number of aromatic nitrogens is 2. The van der Waals surface area contributed by atoms with Gasteiger partial charge in [0.05, 0.1) is 10.3 Å². The van der Waals surface area contributed by atoms with Crippen molar-refractivity contribution in [3.8, 4) is 5.88 Å². The summed E-state index contributed by atoms with van der Waals surface area (Å²) in [6.07, 6.45) is 4.65. The normalized spacial score (nSPS) is 17.0. The molecule has 1 aliphatic heterocycles. The van der Waals surface area contributed by atoms with Crippen molar-refractivity contribution < 1.29 is 17.9 Å². The molecule has 1 amide bonds. The number of hydrogen-bond donors (Lipinski definition) is 0. The molecule has 1 saturated heterocycles. The summed E-state index contributed by atoms with van der Waals surface area (Å²) in [5, 5.41) is 0.937. The molecular weight excluding hydrogens is 448 g/mol. The van der Waals surface area contributed by atoms with Gasteiger partial charge in [-0.2, -0.15) is 4.31 Å². The van der Waals surface area contributed by atoms with Crippen LogP contribution in [0.15, 0.2) is 35.5 Å². The van der Waals surface area contributed by atoms with Gasteiger partial charge in [0.1, 0.15) is 11.2 Å². The lowest BCUT2D eigenvalue weighted by molar-refractivity contribution is -0.134. The number of benzene rings is 1. The van der Waals surface area contributed by atoms with Crippen molar-refractivity contribution >= 4 is 37.5 Å². The molecule has 5 rings (SSSR count). The predicted molar refractivity (Wildman–Crippen MR) is 121 cm³/mol. The second-order valence-corrected chi connectivity index (χ2v) is 11.1. The lowest BCUT2D eigenvalue weighted by Gasteiger charge is -2.33. The van der Waals surface area contributed by atoms with Gasteiger partial charge in [0.25, 0.3) is 5.91 Å². The number of carbonyl (C=O) groups excluding carboxylic acids is 1. The molecular formula is C22H24N4O4S2. The van der Waals surface area contributed by atoms with Crippen LogP contribution in [0.2, 0.25) is 0 Å². The first-order valence-electron chi connectivity index (χ1n) is 10.7. The van der Waals surface area contributed by atoms with E-state index in [-0.39, 0.29) is 30.5 Å². The number of rotatable bonds is 5. The summed E-state index contributed by atoms with van der Waals surface area (Å²) in [5.74, 6) is 0.291. The molecule has 0 N–H and O–H groups in total. The maximum absolute atomic E-state index is 12.9. The summed E-state index contributed by atoms with van der Waals surface area (Å²) in [6, 6.07) is 6.83. The van der Waals surface area contributed by atoms with Gasteiger partial charge in [0.15, 0.2) is 6.61 Å². The number of aryl methyl sites for hydroxylation is 3. The molecule has 0 bridgehead atoms. The molecule has 1 fully saturated rings. The standard InChI is InChI=1S/C22H24N4O4S2/c1-15-5-7-16(8-6-15)32(28,29)26-11-9-25(10-12-26)19(27)13-30-21-20-17-3-2-4-18(17)31-22(20)24-14-23-21/h5-8,14H,2-4,9-13H2,1H3. The van der Waals surface area contributed by atoms with Crippen molar-refractivity contribution in [2.24, 2.45) is 0 Å². The number of hydrogen-bond acceptors (Lipinski definition) is 7. The number of sulfonamides is 1. The number of ether oxygens (including phenoxy) is 1. The zero-order chi connectivity index (χ0) is 22.3. The van der Waals surface area contributed by atoms with Crippen LogP contribution in [-0.4, -0.2) is 66.3 Å². The van der Waals surface area contributed by atoms with E-state index in [0.717, 1.165) is 35.0 Å². The summed E-state index contributed by atoms with van der Waals surface area (Å²) >= 11 is 1.68. The highest BCUT2D eigenvalue weighted by atomic mass is 32.2. The topological polar surface area (TPSA) is 92.7 Å². The van der Waals surface area contributed by atoms with Gasteiger partial charge in [-0.25, -0.2) is 18.4 Å². The van der Waals surface area contributed by atoms with E-state index < -0.39 is 10.0 Å². The first-order valence-corrected chi connectivity index (χ1v) is 12.9. The zero-order valence-corrected chi connectivity index (χ0v) is 19.4. The Bertz CT molecular complexity index is 1260. The molecule has 3 aromatic rings. The molecule has 8 nitrogen and oxygen atoms in total. The van der Waals surface area contributed by atoms with Crippen LogP contribution in [0.25, 0.3) is 10.2 Å². The third kappa shape index (κ3) is 3.87. The maximum Gasteiger partial charge on any atom is 0.260 e. The van der Waals surface area contributed by atoms with Crippen molar-refractivity contribution in [1.29, 1.82) is 0 Å². The van der Waals surface area contributed by atoms with Gasteiger partial charge in [-0.15, -0.1) is 11.3 Å². The van der Waals surface area contributed by atoms with Gasteiger partial charge < -0.3 is 9.64 Å². The lowest BCUT2D eigenvalue weighted by Crippen LogP contribution is -2.51. The molecule has 0 atom stereocenters. The number of piperazine rings is 1. The quantitative estimate of drug-likeness (QED) is 0.566. The van der Waals surface area contributed by atoms with Gasteiger partial charge in [0, 0.05) is 31.1 Å². The molecule has 2 aromatic heterocycles. The molecule has 1 aromatic carbocycles. The monoisotopic (exact) mass is 472 g/mol. The minimum Gasteiger partial charge on any atom is -0.467 e. The first-order chi connectivity index (χ1) is 15.4. The molecule has 2 aliphatic rings. The SMILES string of the molecule is Cc1ccc(S(=O)(=O)N2CCN(C(=O)COc3ncnc4sc5c(c34)CCC5)CC2)cc1. The fourth-order valence-corrected chi connectivity index (χ4v) is 6.91. The predicted octanol–water partition coefficient (Wildman–Crippen LogP) is 2.40. The van der Waals surface area contributed by atoms with Crippen LogP contribution in [0.4, 0.5) is 0 Å². The fourth-order valence-electron chi connectivity index (χ4n) is 4.27. The van der Waals surface area contributed by atoms with E-state index in [1.807, 2.05) is 6.92 Å². The fraction of sp³-hybridized carbons (Fsp3) is 0.409. The van der Waals surface area contributed by atoms with Gasteiger partial charge in [-0.1, -0.05) is 17.7 Å². The van der Waals surface area contributed by atoms with Gasteiger partial charge >= 0.3 is 0 Å². The van der Waals surface area contributed by atoms with Crippen LogP contribution in [0.5, 0.6) is 5.88 Å². The number of fused-ring (bicyclic) bond motifs is 3. The number of amides is 1. The molecule has 1 aliphatic carbocycles. The highest BCUT2D eigenvalue weighted by Crippen LogP contribution is 2.39. The maximum atomic E-state index is 12.9. The van der Waals surface area contributed by atoms with Crippen LogP contribution in [0.1, 0.15) is 22.4 Å². The number of nitrogens with zero attached hydrogens (tertiary/aromatic N) is 4. The second kappa shape index (κ2) is 8.42. The summed E-state index contributed by atoms with van der Waals surface area (Å²) in [6.45, 7) is 2.98. The summed E-state index contributed by atoms with van der Waals surface area (Å²) < 4.78 is 33.0. The largest absolute Gasteiger partial charge is 0.467 e. The minimum atomic E-state index is -3.56. The van der Waals surface area contributed by atoms with Crippen molar-refractivity contribution in [3.63, 3.8) is 0 Å². The summed E-state index contributed by atoms with van der Waals surface area (Å²) in [5.41, 5.74) is 2.26. The lowest BCUT2D eigenvalue weighted by atomic mass is 10.2. The van der Waals surface area contributed by atoms with Crippen LogP contribution < -0.4 is 4.74 Å². The Balaban J connectivity index is 1.21.